The van der Waals surface area contributed by atoms with E-state index in [9.17, 15) is 0 Å². The highest BCUT2D eigenvalue weighted by atomic mass is 32.2. The van der Waals surface area contributed by atoms with E-state index in [-0.39, 0.29) is 0 Å². The molecule has 0 atom stereocenters. The Morgan fingerprint density at radius 3 is 2.77 bits per heavy atom. The van der Waals surface area contributed by atoms with Gasteiger partial charge in [0.25, 0.3) is 0 Å². The van der Waals surface area contributed by atoms with Crippen molar-refractivity contribution in [1.82, 2.24) is 29.1 Å². The van der Waals surface area contributed by atoms with Crippen molar-refractivity contribution >= 4 is 23.3 Å². The van der Waals surface area contributed by atoms with Crippen LogP contribution in [0.15, 0.2) is 33.9 Å². The van der Waals surface area contributed by atoms with E-state index in [0.29, 0.717) is 5.92 Å². The van der Waals surface area contributed by atoms with Crippen molar-refractivity contribution in [3.8, 4) is 11.5 Å². The molecule has 0 amide bonds. The Morgan fingerprint density at radius 2 is 2.14 bits per heavy atom. The Balaban J connectivity index is 1.90. The third-order valence-corrected chi connectivity index (χ3v) is 4.80. The van der Waals surface area contributed by atoms with Crippen LogP contribution in [0, 0.1) is 0 Å². The van der Waals surface area contributed by atoms with Crippen LogP contribution in [0.3, 0.4) is 0 Å². The minimum atomic E-state index is 0.332. The van der Waals surface area contributed by atoms with Crippen LogP contribution in [0.25, 0.3) is 11.5 Å². The predicted octanol–water partition coefficient (Wildman–Crippen LogP) is 3.49. The first-order valence-corrected chi connectivity index (χ1v) is 8.64. The van der Waals surface area contributed by atoms with Crippen LogP contribution in [0.1, 0.15) is 32.5 Å². The zero-order chi connectivity index (χ0) is 15.5. The second kappa shape index (κ2) is 6.53. The van der Waals surface area contributed by atoms with Gasteiger partial charge in [-0.1, -0.05) is 19.9 Å². The molecule has 0 radical (unpaired) electrons. The highest BCUT2D eigenvalue weighted by Crippen LogP contribution is 2.31. The topological polar surface area (TPSA) is 69.4 Å². The molecule has 0 aliphatic carbocycles. The maximum Gasteiger partial charge on any atom is 0.198 e. The van der Waals surface area contributed by atoms with Gasteiger partial charge in [-0.2, -0.15) is 4.37 Å². The van der Waals surface area contributed by atoms with E-state index in [1.165, 1.54) is 23.3 Å². The summed E-state index contributed by atoms with van der Waals surface area (Å²) in [6.45, 7) is 7.02. The number of rotatable bonds is 5. The van der Waals surface area contributed by atoms with E-state index in [4.69, 9.17) is 0 Å². The Labute approximate surface area is 137 Å². The van der Waals surface area contributed by atoms with Crippen molar-refractivity contribution < 1.29 is 0 Å². The van der Waals surface area contributed by atoms with Gasteiger partial charge < -0.3 is 4.57 Å². The lowest BCUT2D eigenvalue weighted by Crippen LogP contribution is -2.00. The zero-order valence-electron chi connectivity index (χ0n) is 12.6. The van der Waals surface area contributed by atoms with Gasteiger partial charge in [-0.25, -0.2) is 4.98 Å². The summed E-state index contributed by atoms with van der Waals surface area (Å²) in [6, 6.07) is 5.77. The monoisotopic (exact) mass is 332 g/mol. The standard InChI is InChI=1S/C14H16N6S2/c1-4-20-12(10-7-5-6-8-15-10)17-18-13(20)21-14-16-11(9(2)3)19-22-14/h5-9H,4H2,1-3H3. The molecule has 3 aromatic rings. The van der Waals surface area contributed by atoms with Gasteiger partial charge in [-0.3, -0.25) is 4.98 Å². The van der Waals surface area contributed by atoms with E-state index in [1.807, 2.05) is 22.8 Å². The SMILES string of the molecule is CCn1c(Sc2nc(C(C)C)ns2)nnc1-c1ccccn1. The molecule has 0 saturated carbocycles. The van der Waals surface area contributed by atoms with Gasteiger partial charge in [-0.15, -0.1) is 10.2 Å². The van der Waals surface area contributed by atoms with Crippen LogP contribution < -0.4 is 0 Å². The minimum Gasteiger partial charge on any atom is -0.301 e. The largest absolute Gasteiger partial charge is 0.301 e. The fraction of sp³-hybridized carbons (Fsp3) is 0.357. The summed E-state index contributed by atoms with van der Waals surface area (Å²) >= 11 is 2.90. The molecule has 0 aliphatic rings. The molecular formula is C14H16N6S2. The molecule has 3 heterocycles. The average molecular weight is 332 g/mol. The van der Waals surface area contributed by atoms with Gasteiger partial charge in [0.05, 0.1) is 0 Å². The molecular weight excluding hydrogens is 316 g/mol. The van der Waals surface area contributed by atoms with Crippen molar-refractivity contribution in [3.63, 3.8) is 0 Å². The Hall–Kier alpha value is -1.80. The van der Waals surface area contributed by atoms with Gasteiger partial charge in [-0.05, 0) is 42.4 Å². The first-order chi connectivity index (χ1) is 10.7. The molecule has 8 heteroatoms. The summed E-state index contributed by atoms with van der Waals surface area (Å²) in [6.07, 6.45) is 1.76. The van der Waals surface area contributed by atoms with Crippen LogP contribution in [0.2, 0.25) is 0 Å². The zero-order valence-corrected chi connectivity index (χ0v) is 14.2. The van der Waals surface area contributed by atoms with Crippen LogP contribution in [-0.4, -0.2) is 29.1 Å². The van der Waals surface area contributed by atoms with Gasteiger partial charge in [0.15, 0.2) is 15.3 Å². The first-order valence-electron chi connectivity index (χ1n) is 7.05. The van der Waals surface area contributed by atoms with Gasteiger partial charge in [0.1, 0.15) is 11.5 Å². The van der Waals surface area contributed by atoms with Gasteiger partial charge in [0.2, 0.25) is 0 Å². The summed E-state index contributed by atoms with van der Waals surface area (Å²) in [5.41, 5.74) is 0.823. The molecule has 0 saturated heterocycles. The molecule has 3 aromatic heterocycles. The van der Waals surface area contributed by atoms with Crippen molar-refractivity contribution in [3.05, 3.63) is 30.2 Å². The summed E-state index contributed by atoms with van der Waals surface area (Å²) in [5, 5.41) is 9.38. The molecule has 0 aromatic carbocycles. The van der Waals surface area contributed by atoms with E-state index >= 15 is 0 Å². The normalized spacial score (nSPS) is 11.3. The van der Waals surface area contributed by atoms with Crippen molar-refractivity contribution in [2.75, 3.05) is 0 Å². The first kappa shape index (κ1) is 15.1. The molecule has 0 spiro atoms. The number of pyridine rings is 1. The molecule has 0 aliphatic heterocycles. The number of nitrogens with zero attached hydrogens (tertiary/aromatic N) is 6. The highest BCUT2D eigenvalue weighted by Gasteiger charge is 2.17. The molecule has 6 nitrogen and oxygen atoms in total. The lowest BCUT2D eigenvalue weighted by Gasteiger charge is -2.05. The molecule has 0 unspecified atom stereocenters. The van der Waals surface area contributed by atoms with E-state index in [1.54, 1.807) is 6.20 Å². The van der Waals surface area contributed by atoms with Gasteiger partial charge >= 0.3 is 0 Å². The van der Waals surface area contributed by atoms with Crippen molar-refractivity contribution in [1.29, 1.82) is 0 Å². The molecule has 0 N–H and O–H groups in total. The molecule has 22 heavy (non-hydrogen) atoms. The smallest absolute Gasteiger partial charge is 0.198 e. The summed E-state index contributed by atoms with van der Waals surface area (Å²) in [4.78, 5) is 8.88. The fourth-order valence-electron chi connectivity index (χ4n) is 1.91. The van der Waals surface area contributed by atoms with Crippen molar-refractivity contribution in [2.24, 2.45) is 0 Å². The lowest BCUT2D eigenvalue weighted by atomic mass is 10.2. The van der Waals surface area contributed by atoms with Crippen molar-refractivity contribution in [2.45, 2.75) is 42.7 Å². The molecule has 3 rings (SSSR count). The van der Waals surface area contributed by atoms with Crippen LogP contribution in [0.5, 0.6) is 0 Å². The summed E-state index contributed by atoms with van der Waals surface area (Å²) in [5.74, 6) is 1.98. The van der Waals surface area contributed by atoms with E-state index in [2.05, 4.69) is 45.3 Å². The van der Waals surface area contributed by atoms with Crippen LogP contribution in [-0.2, 0) is 6.54 Å². The quantitative estimate of drug-likeness (QED) is 0.712. The maximum absolute atomic E-state index is 4.54. The maximum atomic E-state index is 4.54. The minimum absolute atomic E-state index is 0.332. The predicted molar refractivity (Wildman–Crippen MR) is 87.0 cm³/mol. The second-order valence-corrected chi connectivity index (χ2v) is 6.91. The second-order valence-electron chi connectivity index (χ2n) is 4.94. The summed E-state index contributed by atoms with van der Waals surface area (Å²) in [7, 11) is 0. The lowest BCUT2D eigenvalue weighted by molar-refractivity contribution is 0.685. The third kappa shape index (κ3) is 3.02. The third-order valence-electron chi connectivity index (χ3n) is 3.05. The Kier molecular flexibility index (Phi) is 4.49. The Morgan fingerprint density at radius 1 is 1.27 bits per heavy atom. The van der Waals surface area contributed by atoms with E-state index < -0.39 is 0 Å². The summed E-state index contributed by atoms with van der Waals surface area (Å²) < 4.78 is 7.30. The molecule has 114 valence electrons. The number of hydrogen-bond acceptors (Lipinski definition) is 7. The molecule has 0 bridgehead atoms. The fourth-order valence-corrected chi connectivity index (χ4v) is 3.65. The number of aromatic nitrogens is 6. The Bertz CT molecular complexity index is 750. The average Bonchev–Trinajstić information content (AvgIpc) is 3.15. The number of hydrogen-bond donors (Lipinski definition) is 0. The van der Waals surface area contributed by atoms with Gasteiger partial charge in [0, 0.05) is 18.7 Å². The van der Waals surface area contributed by atoms with Crippen LogP contribution in [0.4, 0.5) is 0 Å². The highest BCUT2D eigenvalue weighted by molar-refractivity contribution is 8.00. The van der Waals surface area contributed by atoms with Crippen LogP contribution >= 0.6 is 23.3 Å². The molecule has 0 fully saturated rings. The van der Waals surface area contributed by atoms with E-state index in [0.717, 1.165) is 33.4 Å².